The van der Waals surface area contributed by atoms with Crippen molar-refractivity contribution in [2.45, 2.75) is 70.0 Å². The summed E-state index contributed by atoms with van der Waals surface area (Å²) in [5, 5.41) is 29.4. The fraction of sp³-hybridized carbons (Fsp3) is 0.636. The van der Waals surface area contributed by atoms with Gasteiger partial charge in [-0.2, -0.15) is 0 Å². The number of carboxylic acids is 1. The number of carbonyl (C=O) groups excluding carboxylic acids is 1. The predicted molar refractivity (Wildman–Crippen MR) is 101 cm³/mol. The van der Waals surface area contributed by atoms with Crippen LogP contribution in [0.25, 0.3) is 0 Å². The smallest absolute Gasteiger partial charge is 0.311 e. The molecule has 3 aliphatic rings. The van der Waals surface area contributed by atoms with E-state index in [2.05, 4.69) is 6.92 Å². The van der Waals surface area contributed by atoms with Crippen LogP contribution in [0.3, 0.4) is 0 Å². The topological polar surface area (TPSA) is 104 Å². The molecule has 0 amide bonds. The van der Waals surface area contributed by atoms with Gasteiger partial charge < -0.3 is 20.1 Å². The molecular weight excluding hydrogens is 360 g/mol. The van der Waals surface area contributed by atoms with Crippen molar-refractivity contribution in [1.82, 2.24) is 0 Å². The van der Waals surface area contributed by atoms with Crippen molar-refractivity contribution in [1.29, 1.82) is 0 Å². The quantitative estimate of drug-likeness (QED) is 0.541. The molecule has 152 valence electrons. The van der Waals surface area contributed by atoms with Crippen molar-refractivity contribution >= 4 is 11.9 Å². The Bertz CT molecular complexity index is 789. The van der Waals surface area contributed by atoms with Crippen molar-refractivity contribution < 1.29 is 29.6 Å². The summed E-state index contributed by atoms with van der Waals surface area (Å²) in [6, 6.07) is 5.75. The lowest BCUT2D eigenvalue weighted by atomic mass is 9.55. The van der Waals surface area contributed by atoms with Gasteiger partial charge in [0.05, 0.1) is 25.0 Å². The number of benzene rings is 1. The Balaban J connectivity index is 1.50. The maximum absolute atomic E-state index is 11.8. The molecule has 3 unspecified atom stereocenters. The zero-order valence-electron chi connectivity index (χ0n) is 16.1. The normalized spacial score (nSPS) is 36.2. The second kappa shape index (κ2) is 7.16. The monoisotopic (exact) mass is 388 g/mol. The van der Waals surface area contributed by atoms with Gasteiger partial charge in [0.25, 0.3) is 0 Å². The average Bonchev–Trinajstić information content (AvgIpc) is 2.90. The lowest BCUT2D eigenvalue weighted by molar-refractivity contribution is -0.142. The SMILES string of the molecule is C[C@]12CCC3c4ccc(OC(=O)CCC(=O)O)cc4CCC3C1C[C@@H](O)[C@@H]2O. The van der Waals surface area contributed by atoms with Crippen LogP contribution in [-0.4, -0.2) is 39.5 Å². The minimum Gasteiger partial charge on any atom is -0.481 e. The Kier molecular flexibility index (Phi) is 4.96. The minimum absolute atomic E-state index is 0.137. The molecule has 0 aliphatic heterocycles. The van der Waals surface area contributed by atoms with E-state index in [1.54, 1.807) is 6.07 Å². The highest BCUT2D eigenvalue weighted by Crippen LogP contribution is 2.60. The van der Waals surface area contributed by atoms with Crippen LogP contribution in [0.2, 0.25) is 0 Å². The summed E-state index contributed by atoms with van der Waals surface area (Å²) < 4.78 is 5.31. The molecule has 0 saturated heterocycles. The van der Waals surface area contributed by atoms with Crippen LogP contribution in [0.4, 0.5) is 0 Å². The summed E-state index contributed by atoms with van der Waals surface area (Å²) in [5.41, 5.74) is 2.28. The summed E-state index contributed by atoms with van der Waals surface area (Å²) >= 11 is 0. The molecule has 2 fully saturated rings. The Labute approximate surface area is 164 Å². The Morgan fingerprint density at radius 2 is 2.00 bits per heavy atom. The largest absolute Gasteiger partial charge is 0.481 e. The molecule has 0 bridgehead atoms. The third-order valence-corrected chi connectivity index (χ3v) is 7.45. The van der Waals surface area contributed by atoms with Crippen LogP contribution in [-0.2, 0) is 16.0 Å². The highest BCUT2D eigenvalue weighted by atomic mass is 16.5. The molecule has 3 aliphatic carbocycles. The zero-order valence-corrected chi connectivity index (χ0v) is 16.1. The minimum atomic E-state index is -1.01. The van der Waals surface area contributed by atoms with Crippen LogP contribution in [0.15, 0.2) is 18.2 Å². The number of carboxylic acid groups (broad SMARTS) is 1. The molecule has 6 atom stereocenters. The summed E-state index contributed by atoms with van der Waals surface area (Å²) in [7, 11) is 0. The van der Waals surface area contributed by atoms with E-state index < -0.39 is 24.1 Å². The summed E-state index contributed by atoms with van der Waals surface area (Å²) in [4.78, 5) is 22.4. The second-order valence-corrected chi connectivity index (χ2v) is 8.94. The van der Waals surface area contributed by atoms with Crippen LogP contribution >= 0.6 is 0 Å². The summed E-state index contributed by atoms with van der Waals surface area (Å²) in [6.07, 6.45) is 2.84. The number of aliphatic carboxylic acids is 1. The first-order valence-corrected chi connectivity index (χ1v) is 10.2. The fourth-order valence-corrected chi connectivity index (χ4v) is 6.00. The van der Waals surface area contributed by atoms with Gasteiger partial charge >= 0.3 is 11.9 Å². The van der Waals surface area contributed by atoms with Gasteiger partial charge in [-0.15, -0.1) is 0 Å². The molecule has 0 aromatic heterocycles. The van der Waals surface area contributed by atoms with Crippen LogP contribution < -0.4 is 4.74 Å². The van der Waals surface area contributed by atoms with Gasteiger partial charge in [-0.05, 0) is 78.5 Å². The van der Waals surface area contributed by atoms with Gasteiger partial charge in [0.15, 0.2) is 0 Å². The van der Waals surface area contributed by atoms with Gasteiger partial charge in [-0.25, -0.2) is 0 Å². The highest BCUT2D eigenvalue weighted by Gasteiger charge is 2.57. The first kappa shape index (κ1) is 19.4. The first-order valence-electron chi connectivity index (χ1n) is 10.2. The number of aliphatic hydroxyl groups excluding tert-OH is 2. The van der Waals surface area contributed by atoms with Crippen LogP contribution in [0, 0.1) is 17.3 Å². The van der Waals surface area contributed by atoms with E-state index in [1.807, 2.05) is 12.1 Å². The molecule has 1 aromatic carbocycles. The highest BCUT2D eigenvalue weighted by molar-refractivity contribution is 5.78. The Morgan fingerprint density at radius 1 is 1.21 bits per heavy atom. The van der Waals surface area contributed by atoms with Gasteiger partial charge in [-0.1, -0.05) is 13.0 Å². The van der Waals surface area contributed by atoms with E-state index in [9.17, 15) is 19.8 Å². The number of aliphatic hydroxyl groups is 2. The van der Waals surface area contributed by atoms with Crippen molar-refractivity contribution in [3.8, 4) is 5.75 Å². The summed E-state index contributed by atoms with van der Waals surface area (Å²) in [6.45, 7) is 2.13. The number of hydrogen-bond acceptors (Lipinski definition) is 5. The lowest BCUT2D eigenvalue weighted by Gasteiger charge is -2.49. The predicted octanol–water partition coefficient (Wildman–Crippen LogP) is 2.64. The number of fused-ring (bicyclic) bond motifs is 5. The number of carbonyl (C=O) groups is 2. The molecule has 0 spiro atoms. The van der Waals surface area contributed by atoms with Gasteiger partial charge in [0, 0.05) is 0 Å². The molecule has 4 rings (SSSR count). The average molecular weight is 388 g/mol. The van der Waals surface area contributed by atoms with Crippen LogP contribution in [0.1, 0.15) is 62.5 Å². The standard InChI is InChI=1S/C22H28O6/c1-22-9-8-15-14-5-3-13(28-20(26)7-6-19(24)25)10-12(14)2-4-16(15)17(22)11-18(23)21(22)27/h3,5,10,15-18,21,23,27H,2,4,6-9,11H2,1H3,(H,24,25)/t15?,16?,17?,18-,21+,22+/m1/s1. The molecule has 6 nitrogen and oxygen atoms in total. The third-order valence-electron chi connectivity index (χ3n) is 7.45. The summed E-state index contributed by atoms with van der Waals surface area (Å²) in [5.74, 6) is 0.134. The fourth-order valence-electron chi connectivity index (χ4n) is 6.00. The number of rotatable bonds is 4. The van der Waals surface area contributed by atoms with Crippen molar-refractivity contribution in [3.63, 3.8) is 0 Å². The van der Waals surface area contributed by atoms with E-state index in [-0.39, 0.29) is 18.3 Å². The first-order chi connectivity index (χ1) is 13.3. The van der Waals surface area contributed by atoms with Crippen molar-refractivity contribution in [3.05, 3.63) is 29.3 Å². The molecular formula is C22H28O6. The van der Waals surface area contributed by atoms with E-state index in [4.69, 9.17) is 9.84 Å². The lowest BCUT2D eigenvalue weighted by Crippen LogP contribution is -2.44. The second-order valence-electron chi connectivity index (χ2n) is 8.94. The van der Waals surface area contributed by atoms with Gasteiger partial charge in [0.1, 0.15) is 5.75 Å². The molecule has 6 heteroatoms. The van der Waals surface area contributed by atoms with Crippen molar-refractivity contribution in [2.24, 2.45) is 17.3 Å². The van der Waals surface area contributed by atoms with Gasteiger partial charge in [0.2, 0.25) is 0 Å². The maximum atomic E-state index is 11.8. The molecule has 2 saturated carbocycles. The molecule has 28 heavy (non-hydrogen) atoms. The number of hydrogen-bond donors (Lipinski definition) is 3. The molecule has 0 heterocycles. The van der Waals surface area contributed by atoms with Crippen LogP contribution in [0.5, 0.6) is 5.75 Å². The maximum Gasteiger partial charge on any atom is 0.311 e. The third kappa shape index (κ3) is 3.22. The molecule has 3 N–H and O–H groups in total. The molecule has 1 aromatic rings. The van der Waals surface area contributed by atoms with E-state index >= 15 is 0 Å². The van der Waals surface area contributed by atoms with E-state index in [1.165, 1.54) is 11.1 Å². The number of esters is 1. The number of ether oxygens (including phenoxy) is 1. The Morgan fingerprint density at radius 3 is 2.75 bits per heavy atom. The van der Waals surface area contributed by atoms with E-state index in [0.29, 0.717) is 29.9 Å². The zero-order chi connectivity index (χ0) is 20.1. The number of aryl methyl sites for hydroxylation is 1. The molecule has 0 radical (unpaired) electrons. The van der Waals surface area contributed by atoms with Crippen molar-refractivity contribution in [2.75, 3.05) is 0 Å². The Hall–Kier alpha value is -1.92. The van der Waals surface area contributed by atoms with E-state index in [0.717, 1.165) is 25.7 Å². The van der Waals surface area contributed by atoms with Gasteiger partial charge in [-0.3, -0.25) is 9.59 Å².